The fourth-order valence-corrected chi connectivity index (χ4v) is 2.72. The summed E-state index contributed by atoms with van der Waals surface area (Å²) < 4.78 is 5.50. The molecule has 1 heterocycles. The van der Waals surface area contributed by atoms with E-state index < -0.39 is 0 Å². The number of thiazole rings is 1. The fraction of sp³-hybridized carbons (Fsp3) is 0.105. The van der Waals surface area contributed by atoms with Crippen LogP contribution in [-0.4, -0.2) is 23.4 Å². The molecule has 0 bridgehead atoms. The van der Waals surface area contributed by atoms with Crippen LogP contribution >= 0.6 is 11.3 Å². The lowest BCUT2D eigenvalue weighted by molar-refractivity contribution is -0.116. The van der Waals surface area contributed by atoms with Crippen LogP contribution in [0.4, 0.5) is 10.8 Å². The maximum Gasteiger partial charge on any atom is 0.257 e. The van der Waals surface area contributed by atoms with Crippen molar-refractivity contribution in [3.8, 4) is 5.75 Å². The van der Waals surface area contributed by atoms with Crippen molar-refractivity contribution in [2.45, 2.75) is 6.42 Å². The molecule has 0 fully saturated rings. The first-order valence-electron chi connectivity index (χ1n) is 7.99. The van der Waals surface area contributed by atoms with Gasteiger partial charge in [0.25, 0.3) is 5.91 Å². The highest BCUT2D eigenvalue weighted by Gasteiger charge is 2.09. The van der Waals surface area contributed by atoms with E-state index in [-0.39, 0.29) is 24.8 Å². The highest BCUT2D eigenvalue weighted by molar-refractivity contribution is 7.13. The van der Waals surface area contributed by atoms with Crippen LogP contribution in [0.5, 0.6) is 5.75 Å². The maximum atomic E-state index is 12.2. The topological polar surface area (TPSA) is 80.3 Å². The summed E-state index contributed by atoms with van der Waals surface area (Å²) >= 11 is 1.34. The maximum absolute atomic E-state index is 12.2. The molecule has 2 aromatic carbocycles. The van der Waals surface area contributed by atoms with Gasteiger partial charge in [-0.15, -0.1) is 11.3 Å². The molecular formula is C19H17N3O3S. The molecule has 132 valence electrons. The lowest BCUT2D eigenvalue weighted by Gasteiger charge is -2.08. The molecule has 0 aliphatic rings. The monoisotopic (exact) mass is 367 g/mol. The van der Waals surface area contributed by atoms with Crippen LogP contribution in [0, 0.1) is 0 Å². The number of nitrogens with one attached hydrogen (secondary N) is 2. The third-order valence-corrected chi connectivity index (χ3v) is 4.09. The van der Waals surface area contributed by atoms with Gasteiger partial charge < -0.3 is 10.1 Å². The largest absolute Gasteiger partial charge is 0.493 e. The number of carbonyl (C=O) groups excluding carboxylic acids is 2. The summed E-state index contributed by atoms with van der Waals surface area (Å²) in [6, 6.07) is 16.1. The summed E-state index contributed by atoms with van der Waals surface area (Å²) in [6.45, 7) is 0.278. The van der Waals surface area contributed by atoms with Crippen LogP contribution in [0.25, 0.3) is 0 Å². The number of ether oxygens (including phenoxy) is 1. The summed E-state index contributed by atoms with van der Waals surface area (Å²) in [5, 5.41) is 7.79. The zero-order valence-corrected chi connectivity index (χ0v) is 14.7. The van der Waals surface area contributed by atoms with E-state index in [1.165, 1.54) is 11.3 Å². The molecule has 0 radical (unpaired) electrons. The minimum atomic E-state index is -0.275. The first-order chi connectivity index (χ1) is 12.7. The highest BCUT2D eigenvalue weighted by Crippen LogP contribution is 2.15. The Morgan fingerprint density at radius 2 is 1.88 bits per heavy atom. The number of nitrogens with zero attached hydrogens (tertiary/aromatic N) is 1. The SMILES string of the molecule is O=C(CCOc1ccccc1)Nc1cccc(C(=O)Nc2nccs2)c1. The predicted molar refractivity (Wildman–Crippen MR) is 102 cm³/mol. The van der Waals surface area contributed by atoms with Crippen LogP contribution in [-0.2, 0) is 4.79 Å². The molecule has 26 heavy (non-hydrogen) atoms. The molecule has 2 amide bonds. The molecule has 1 aromatic heterocycles. The molecule has 0 atom stereocenters. The van der Waals surface area contributed by atoms with Gasteiger partial charge in [0.15, 0.2) is 5.13 Å². The summed E-state index contributed by atoms with van der Waals surface area (Å²) in [5.74, 6) is 0.267. The minimum absolute atomic E-state index is 0.182. The van der Waals surface area contributed by atoms with E-state index in [2.05, 4.69) is 15.6 Å². The van der Waals surface area contributed by atoms with E-state index in [0.717, 1.165) is 5.75 Å². The van der Waals surface area contributed by atoms with Crippen LogP contribution in [0.3, 0.4) is 0 Å². The van der Waals surface area contributed by atoms with Crippen molar-refractivity contribution in [2.75, 3.05) is 17.2 Å². The Kier molecular flexibility index (Phi) is 5.95. The molecule has 3 aromatic rings. The van der Waals surface area contributed by atoms with Gasteiger partial charge in [0.1, 0.15) is 5.75 Å². The van der Waals surface area contributed by atoms with Gasteiger partial charge >= 0.3 is 0 Å². The smallest absolute Gasteiger partial charge is 0.257 e. The van der Waals surface area contributed by atoms with Gasteiger partial charge in [-0.3, -0.25) is 14.9 Å². The first-order valence-corrected chi connectivity index (χ1v) is 8.87. The lowest BCUT2D eigenvalue weighted by atomic mass is 10.2. The van der Waals surface area contributed by atoms with E-state index in [4.69, 9.17) is 4.74 Å². The van der Waals surface area contributed by atoms with Crippen molar-refractivity contribution in [1.29, 1.82) is 0 Å². The van der Waals surface area contributed by atoms with Crippen molar-refractivity contribution in [3.05, 3.63) is 71.7 Å². The molecule has 0 aliphatic carbocycles. The van der Waals surface area contributed by atoms with Crippen LogP contribution < -0.4 is 15.4 Å². The Hall–Kier alpha value is -3.19. The average Bonchev–Trinajstić information content (AvgIpc) is 3.16. The highest BCUT2D eigenvalue weighted by atomic mass is 32.1. The third kappa shape index (κ3) is 5.15. The summed E-state index contributed by atoms with van der Waals surface area (Å²) in [6.07, 6.45) is 1.83. The average molecular weight is 367 g/mol. The van der Waals surface area contributed by atoms with Gasteiger partial charge in [-0.25, -0.2) is 4.98 Å². The van der Waals surface area contributed by atoms with Crippen LogP contribution in [0.2, 0.25) is 0 Å². The number of rotatable bonds is 7. The molecule has 0 aliphatic heterocycles. The van der Waals surface area contributed by atoms with Gasteiger partial charge in [0.2, 0.25) is 5.91 Å². The van der Waals surface area contributed by atoms with E-state index in [9.17, 15) is 9.59 Å². The Morgan fingerprint density at radius 3 is 2.65 bits per heavy atom. The van der Waals surface area contributed by atoms with Gasteiger partial charge in [-0.05, 0) is 30.3 Å². The van der Waals surface area contributed by atoms with Gasteiger partial charge in [0, 0.05) is 22.8 Å². The molecule has 0 saturated carbocycles. The quantitative estimate of drug-likeness (QED) is 0.665. The van der Waals surface area contributed by atoms with E-state index in [1.807, 2.05) is 30.3 Å². The summed E-state index contributed by atoms with van der Waals surface area (Å²) in [4.78, 5) is 28.3. The zero-order chi connectivity index (χ0) is 18.2. The van der Waals surface area contributed by atoms with Crippen molar-refractivity contribution in [3.63, 3.8) is 0 Å². The number of carbonyl (C=O) groups is 2. The molecule has 2 N–H and O–H groups in total. The second-order valence-electron chi connectivity index (χ2n) is 5.33. The first kappa shape index (κ1) is 17.6. The van der Waals surface area contributed by atoms with Crippen molar-refractivity contribution >= 4 is 34.0 Å². The van der Waals surface area contributed by atoms with Crippen molar-refractivity contribution < 1.29 is 14.3 Å². The second kappa shape index (κ2) is 8.77. The van der Waals surface area contributed by atoms with E-state index >= 15 is 0 Å². The molecule has 7 heteroatoms. The minimum Gasteiger partial charge on any atom is -0.493 e. The molecule has 3 rings (SSSR count). The Balaban J connectivity index is 1.51. The lowest BCUT2D eigenvalue weighted by Crippen LogP contribution is -2.16. The van der Waals surface area contributed by atoms with Gasteiger partial charge in [0.05, 0.1) is 13.0 Å². The number of hydrogen-bond donors (Lipinski definition) is 2. The van der Waals surface area contributed by atoms with Crippen molar-refractivity contribution in [2.24, 2.45) is 0 Å². The predicted octanol–water partition coefficient (Wildman–Crippen LogP) is 3.80. The number of para-hydroxylation sites is 1. The number of amides is 2. The van der Waals surface area contributed by atoms with E-state index in [0.29, 0.717) is 16.4 Å². The second-order valence-corrected chi connectivity index (χ2v) is 6.23. The third-order valence-electron chi connectivity index (χ3n) is 3.40. The van der Waals surface area contributed by atoms with Crippen molar-refractivity contribution in [1.82, 2.24) is 4.98 Å². The molecule has 0 unspecified atom stereocenters. The Morgan fingerprint density at radius 1 is 1.04 bits per heavy atom. The number of aromatic nitrogens is 1. The van der Waals surface area contributed by atoms with Crippen LogP contribution in [0.1, 0.15) is 16.8 Å². The standard InChI is InChI=1S/C19H17N3O3S/c23-17(9-11-25-16-7-2-1-3-8-16)21-15-6-4-5-14(13-15)18(24)22-19-20-10-12-26-19/h1-8,10,12-13H,9,11H2,(H,21,23)(H,20,22,24). The number of hydrogen-bond acceptors (Lipinski definition) is 5. The summed E-state index contributed by atoms with van der Waals surface area (Å²) in [5.41, 5.74) is 1.00. The Bertz CT molecular complexity index is 867. The van der Waals surface area contributed by atoms with Gasteiger partial charge in [-0.1, -0.05) is 24.3 Å². The number of benzene rings is 2. The van der Waals surface area contributed by atoms with Crippen LogP contribution in [0.15, 0.2) is 66.2 Å². The normalized spacial score (nSPS) is 10.2. The summed E-state index contributed by atoms with van der Waals surface area (Å²) in [7, 11) is 0. The molecular weight excluding hydrogens is 350 g/mol. The molecule has 0 saturated heterocycles. The van der Waals surface area contributed by atoms with Gasteiger partial charge in [-0.2, -0.15) is 0 Å². The number of anilines is 2. The fourth-order valence-electron chi connectivity index (χ4n) is 2.19. The molecule has 0 spiro atoms. The molecule has 6 nitrogen and oxygen atoms in total. The van der Waals surface area contributed by atoms with E-state index in [1.54, 1.807) is 35.8 Å². The Labute approximate surface area is 154 Å². The zero-order valence-electron chi connectivity index (χ0n) is 13.8.